The summed E-state index contributed by atoms with van der Waals surface area (Å²) in [4.78, 5) is 25.5. The van der Waals surface area contributed by atoms with E-state index in [0.717, 1.165) is 13.1 Å². The number of nitrogens with zero attached hydrogens (tertiary/aromatic N) is 1. The predicted molar refractivity (Wildman–Crippen MR) is 83.0 cm³/mol. The summed E-state index contributed by atoms with van der Waals surface area (Å²) in [5.74, 6) is 0.643. The number of hydrogen-bond acceptors (Lipinski definition) is 3. The number of para-hydroxylation sites is 1. The number of carbonyl (C=O) groups is 2. The fraction of sp³-hybridized carbons (Fsp3) is 0.500. The van der Waals surface area contributed by atoms with Crippen LogP contribution < -0.4 is 11.1 Å². The Labute approximate surface area is 125 Å². The number of primary amides is 1. The fourth-order valence-corrected chi connectivity index (χ4v) is 3.00. The van der Waals surface area contributed by atoms with E-state index in [1.807, 2.05) is 11.0 Å². The minimum atomic E-state index is -0.495. The van der Waals surface area contributed by atoms with E-state index in [2.05, 4.69) is 19.2 Å². The van der Waals surface area contributed by atoms with Crippen molar-refractivity contribution in [2.45, 2.75) is 20.3 Å². The Hall–Kier alpha value is -2.04. The molecule has 0 saturated carbocycles. The molecule has 1 heterocycles. The average Bonchev–Trinajstić information content (AvgIpc) is 2.43. The molecule has 1 aromatic rings. The van der Waals surface area contributed by atoms with E-state index in [0.29, 0.717) is 23.1 Å². The number of likely N-dealkylation sites (tertiary alicyclic amines) is 1. The SMILES string of the molecule is C[C@@H]1C[C@H](C)CN(C(=O)CNc2ccccc2C(N)=O)C1. The molecule has 1 fully saturated rings. The molecule has 1 aliphatic rings. The van der Waals surface area contributed by atoms with E-state index in [4.69, 9.17) is 5.73 Å². The molecular weight excluding hydrogens is 266 g/mol. The zero-order valence-corrected chi connectivity index (χ0v) is 12.6. The number of carbonyl (C=O) groups excluding carboxylic acids is 2. The van der Waals surface area contributed by atoms with Gasteiger partial charge in [0.2, 0.25) is 5.91 Å². The van der Waals surface area contributed by atoms with E-state index in [9.17, 15) is 9.59 Å². The van der Waals surface area contributed by atoms with Crippen molar-refractivity contribution >= 4 is 17.5 Å². The lowest BCUT2D eigenvalue weighted by atomic mass is 9.92. The van der Waals surface area contributed by atoms with E-state index in [-0.39, 0.29) is 12.5 Å². The Balaban J connectivity index is 1.97. The molecule has 0 aromatic heterocycles. The van der Waals surface area contributed by atoms with Crippen molar-refractivity contribution in [2.75, 3.05) is 25.0 Å². The number of amides is 2. The average molecular weight is 289 g/mol. The van der Waals surface area contributed by atoms with Gasteiger partial charge in [-0.05, 0) is 30.4 Å². The van der Waals surface area contributed by atoms with Gasteiger partial charge in [-0.3, -0.25) is 9.59 Å². The Morgan fingerprint density at radius 2 is 1.86 bits per heavy atom. The molecule has 21 heavy (non-hydrogen) atoms. The highest BCUT2D eigenvalue weighted by Crippen LogP contribution is 2.21. The lowest BCUT2D eigenvalue weighted by Gasteiger charge is -2.35. The van der Waals surface area contributed by atoms with E-state index in [1.165, 1.54) is 6.42 Å². The van der Waals surface area contributed by atoms with Crippen molar-refractivity contribution in [3.8, 4) is 0 Å². The van der Waals surface area contributed by atoms with Gasteiger partial charge in [0.05, 0.1) is 12.1 Å². The first kappa shape index (κ1) is 15.4. The fourth-order valence-electron chi connectivity index (χ4n) is 3.00. The largest absolute Gasteiger partial charge is 0.376 e. The molecule has 0 aliphatic carbocycles. The first-order valence-electron chi connectivity index (χ1n) is 7.38. The third-order valence-corrected chi connectivity index (χ3v) is 3.84. The predicted octanol–water partition coefficient (Wildman–Crippen LogP) is 1.70. The van der Waals surface area contributed by atoms with Crippen LogP contribution in [0.2, 0.25) is 0 Å². The molecule has 0 unspecified atom stereocenters. The summed E-state index contributed by atoms with van der Waals surface area (Å²) in [5, 5.41) is 3.03. The first-order valence-corrected chi connectivity index (χ1v) is 7.38. The maximum Gasteiger partial charge on any atom is 0.250 e. The third-order valence-electron chi connectivity index (χ3n) is 3.84. The number of benzene rings is 1. The maximum absolute atomic E-state index is 12.3. The molecule has 2 rings (SSSR count). The highest BCUT2D eigenvalue weighted by molar-refractivity contribution is 5.99. The monoisotopic (exact) mass is 289 g/mol. The third kappa shape index (κ3) is 3.97. The van der Waals surface area contributed by atoms with Crippen LogP contribution in [-0.2, 0) is 4.79 Å². The van der Waals surface area contributed by atoms with Gasteiger partial charge in [0, 0.05) is 18.8 Å². The molecule has 2 atom stereocenters. The highest BCUT2D eigenvalue weighted by Gasteiger charge is 2.25. The van der Waals surface area contributed by atoms with Crippen molar-refractivity contribution in [1.29, 1.82) is 0 Å². The van der Waals surface area contributed by atoms with Crippen molar-refractivity contribution in [3.63, 3.8) is 0 Å². The lowest BCUT2D eigenvalue weighted by molar-refractivity contribution is -0.131. The van der Waals surface area contributed by atoms with Crippen LogP contribution in [0, 0.1) is 11.8 Å². The van der Waals surface area contributed by atoms with Crippen LogP contribution in [0.25, 0.3) is 0 Å². The summed E-state index contributed by atoms with van der Waals surface area (Å²) in [6.45, 7) is 6.14. The molecule has 1 aliphatic heterocycles. The summed E-state index contributed by atoms with van der Waals surface area (Å²) >= 11 is 0. The molecule has 0 radical (unpaired) electrons. The molecule has 1 saturated heterocycles. The van der Waals surface area contributed by atoms with Gasteiger partial charge in [-0.15, -0.1) is 0 Å². The Bertz CT molecular complexity index is 520. The molecule has 1 aromatic carbocycles. The zero-order chi connectivity index (χ0) is 15.4. The van der Waals surface area contributed by atoms with Crippen molar-refractivity contribution in [1.82, 2.24) is 4.90 Å². The molecule has 0 bridgehead atoms. The number of nitrogens with two attached hydrogens (primary N) is 1. The van der Waals surface area contributed by atoms with Crippen LogP contribution in [0.1, 0.15) is 30.6 Å². The Morgan fingerprint density at radius 3 is 2.48 bits per heavy atom. The van der Waals surface area contributed by atoms with Crippen molar-refractivity contribution < 1.29 is 9.59 Å². The van der Waals surface area contributed by atoms with Crippen LogP contribution in [0.4, 0.5) is 5.69 Å². The first-order chi connectivity index (χ1) is 9.97. The van der Waals surface area contributed by atoms with Crippen LogP contribution in [0.15, 0.2) is 24.3 Å². The van der Waals surface area contributed by atoms with E-state index >= 15 is 0 Å². The Morgan fingerprint density at radius 1 is 1.24 bits per heavy atom. The van der Waals surface area contributed by atoms with Gasteiger partial charge in [0.15, 0.2) is 0 Å². The second-order valence-corrected chi connectivity index (χ2v) is 6.01. The van der Waals surface area contributed by atoms with Gasteiger partial charge in [-0.25, -0.2) is 0 Å². The second-order valence-electron chi connectivity index (χ2n) is 6.01. The number of anilines is 1. The van der Waals surface area contributed by atoms with Gasteiger partial charge in [-0.1, -0.05) is 26.0 Å². The number of nitrogens with one attached hydrogen (secondary N) is 1. The second kappa shape index (κ2) is 6.61. The molecule has 2 amide bonds. The quantitative estimate of drug-likeness (QED) is 0.886. The summed E-state index contributed by atoms with van der Waals surface area (Å²) in [5.41, 5.74) is 6.34. The normalized spacial score (nSPS) is 21.9. The molecule has 0 spiro atoms. The summed E-state index contributed by atoms with van der Waals surface area (Å²) in [6, 6.07) is 6.97. The summed E-state index contributed by atoms with van der Waals surface area (Å²) in [6.07, 6.45) is 1.17. The molecule has 5 nitrogen and oxygen atoms in total. The van der Waals surface area contributed by atoms with Gasteiger partial charge >= 0.3 is 0 Å². The van der Waals surface area contributed by atoms with Gasteiger partial charge < -0.3 is 16.0 Å². The smallest absolute Gasteiger partial charge is 0.250 e. The van der Waals surface area contributed by atoms with Gasteiger partial charge in [0.25, 0.3) is 5.91 Å². The minimum Gasteiger partial charge on any atom is -0.376 e. The van der Waals surface area contributed by atoms with Gasteiger partial charge in [0.1, 0.15) is 0 Å². The van der Waals surface area contributed by atoms with E-state index < -0.39 is 5.91 Å². The number of piperidine rings is 1. The molecular formula is C16H23N3O2. The number of rotatable bonds is 4. The maximum atomic E-state index is 12.3. The minimum absolute atomic E-state index is 0.0627. The number of hydrogen-bond donors (Lipinski definition) is 2. The molecule has 114 valence electrons. The van der Waals surface area contributed by atoms with E-state index in [1.54, 1.807) is 18.2 Å². The molecule has 5 heteroatoms. The van der Waals surface area contributed by atoms with Gasteiger partial charge in [-0.2, -0.15) is 0 Å². The Kier molecular flexibility index (Phi) is 4.83. The standard InChI is InChI=1S/C16H23N3O2/c1-11-7-12(2)10-19(9-11)15(20)8-18-14-6-4-3-5-13(14)16(17)21/h3-6,11-12,18H,7-10H2,1-2H3,(H2,17,21)/t11-,12+. The zero-order valence-electron chi connectivity index (χ0n) is 12.6. The van der Waals surface area contributed by atoms with Crippen molar-refractivity contribution in [2.24, 2.45) is 17.6 Å². The lowest BCUT2D eigenvalue weighted by Crippen LogP contribution is -2.44. The topological polar surface area (TPSA) is 75.4 Å². The van der Waals surface area contributed by atoms with Crippen LogP contribution >= 0.6 is 0 Å². The molecule has 3 N–H and O–H groups in total. The van der Waals surface area contributed by atoms with Crippen LogP contribution in [0.3, 0.4) is 0 Å². The summed E-state index contributed by atoms with van der Waals surface area (Å²) < 4.78 is 0. The van der Waals surface area contributed by atoms with Crippen LogP contribution in [0.5, 0.6) is 0 Å². The van der Waals surface area contributed by atoms with Crippen molar-refractivity contribution in [3.05, 3.63) is 29.8 Å². The van der Waals surface area contributed by atoms with Crippen LogP contribution in [-0.4, -0.2) is 36.3 Å². The highest BCUT2D eigenvalue weighted by atomic mass is 16.2. The summed E-state index contributed by atoms with van der Waals surface area (Å²) in [7, 11) is 0.